The van der Waals surface area contributed by atoms with E-state index in [1.54, 1.807) is 10.6 Å². The summed E-state index contributed by atoms with van der Waals surface area (Å²) in [5, 5.41) is 13.4. The summed E-state index contributed by atoms with van der Waals surface area (Å²) < 4.78 is 17.6. The number of nitrogens with zero attached hydrogens (tertiary/aromatic N) is 4. The molecule has 2 aromatic heterocycles. The van der Waals surface area contributed by atoms with E-state index in [4.69, 9.17) is 20.3 Å². The van der Waals surface area contributed by atoms with Crippen LogP contribution in [0.15, 0.2) is 24.5 Å². The van der Waals surface area contributed by atoms with Crippen LogP contribution in [0.4, 0.5) is 17.5 Å². The Morgan fingerprint density at radius 3 is 2.75 bits per heavy atom. The molecule has 0 unspecified atom stereocenters. The van der Waals surface area contributed by atoms with Crippen LogP contribution in [0.25, 0.3) is 11.2 Å². The lowest BCUT2D eigenvalue weighted by molar-refractivity contribution is 0.149. The monoisotopic (exact) mass is 464 g/mol. The Kier molecular flexibility index (Phi) is 8.03. The van der Waals surface area contributed by atoms with Gasteiger partial charge in [-0.2, -0.15) is 9.97 Å². The molecule has 0 spiro atoms. The molecule has 0 atom stereocenters. The van der Waals surface area contributed by atoms with Crippen LogP contribution in [0.2, 0.25) is 0 Å². The quantitative estimate of drug-likeness (QED) is 0.198. The van der Waals surface area contributed by atoms with Crippen LogP contribution in [-0.2, 0) is 22.3 Å². The maximum Gasteiger partial charge on any atom is 0.350 e. The van der Waals surface area contributed by atoms with Crippen LogP contribution < -0.4 is 11.1 Å². The number of nitrogen functional groups attached to an aromatic ring is 1. The smallest absolute Gasteiger partial charge is 0.350 e. The summed E-state index contributed by atoms with van der Waals surface area (Å²) in [6.07, 6.45) is 6.22. The highest BCUT2D eigenvalue weighted by Crippen LogP contribution is 2.33. The summed E-state index contributed by atoms with van der Waals surface area (Å²) in [5.41, 5.74) is 8.41. The molecule has 0 fully saturated rings. The number of hydrogen-bond acceptors (Lipinski definition) is 8. The highest BCUT2D eigenvalue weighted by Gasteiger charge is 2.14. The molecule has 3 rings (SSSR count). The second-order valence-corrected chi connectivity index (χ2v) is 9.11. The van der Waals surface area contributed by atoms with Crippen molar-refractivity contribution >= 4 is 36.2 Å². The van der Waals surface area contributed by atoms with E-state index in [-0.39, 0.29) is 30.7 Å². The minimum atomic E-state index is -4.22. The van der Waals surface area contributed by atoms with Gasteiger partial charge in [-0.15, -0.1) is 0 Å². The molecule has 32 heavy (non-hydrogen) atoms. The van der Waals surface area contributed by atoms with Crippen molar-refractivity contribution < 1.29 is 24.2 Å². The lowest BCUT2D eigenvalue weighted by Gasteiger charge is -2.10. The predicted molar refractivity (Wildman–Crippen MR) is 122 cm³/mol. The number of ether oxygens (including phenoxy) is 1. The lowest BCUT2D eigenvalue weighted by atomic mass is 10.0. The number of aryl methyl sites for hydroxylation is 1. The number of phenolic OH excluding ortho intramolecular Hbond substituents is 1. The fraction of sp³-hybridized carbons (Fsp3) is 0.450. The van der Waals surface area contributed by atoms with Gasteiger partial charge in [0, 0.05) is 18.3 Å². The predicted octanol–water partition coefficient (Wildman–Crippen LogP) is 3.13. The van der Waals surface area contributed by atoms with Crippen LogP contribution >= 0.6 is 7.60 Å². The zero-order valence-corrected chi connectivity index (χ0v) is 18.8. The Morgan fingerprint density at radius 2 is 2.03 bits per heavy atom. The minimum Gasteiger partial charge on any atom is -0.508 e. The number of phenols is 1. The van der Waals surface area contributed by atoms with Crippen molar-refractivity contribution in [2.75, 3.05) is 24.0 Å². The van der Waals surface area contributed by atoms with Crippen molar-refractivity contribution in [3.05, 3.63) is 30.1 Å². The van der Waals surface area contributed by atoms with Gasteiger partial charge in [-0.05, 0) is 24.5 Å². The van der Waals surface area contributed by atoms with Gasteiger partial charge in [-0.3, -0.25) is 4.57 Å². The normalized spacial score (nSPS) is 11.8. The number of unbranched alkanes of at least 4 members (excludes halogenated alkanes) is 3. The Labute approximate surface area is 185 Å². The first-order valence-corrected chi connectivity index (χ1v) is 12.3. The molecular formula is C20H29N6O5P. The van der Waals surface area contributed by atoms with Crippen LogP contribution in [0.1, 0.15) is 38.2 Å². The molecule has 3 aromatic rings. The minimum absolute atomic E-state index is 0.0663. The summed E-state index contributed by atoms with van der Waals surface area (Å²) in [7, 11) is -4.22. The van der Waals surface area contributed by atoms with Crippen molar-refractivity contribution in [2.45, 2.75) is 45.6 Å². The molecule has 12 heteroatoms. The third-order valence-electron chi connectivity index (χ3n) is 4.87. The molecule has 174 valence electrons. The fourth-order valence-corrected chi connectivity index (χ4v) is 3.62. The standard InChI is InChI=1S/C20H29N6O5P/c1-2-3-4-5-6-14-7-8-15(11-16(14)27)23-20-24-18(21)17-19(25-20)26(12-22-17)9-10-31-13-32(28,29)30/h7-8,11-12,27H,2-6,9-10,13H2,1H3,(H2,28,29,30)(H3,21,23,24,25). The van der Waals surface area contributed by atoms with Crippen LogP contribution in [0.5, 0.6) is 5.75 Å². The van der Waals surface area contributed by atoms with Crippen molar-refractivity contribution in [1.82, 2.24) is 19.5 Å². The van der Waals surface area contributed by atoms with E-state index < -0.39 is 13.9 Å². The van der Waals surface area contributed by atoms with Gasteiger partial charge in [-0.1, -0.05) is 32.3 Å². The van der Waals surface area contributed by atoms with E-state index in [1.165, 1.54) is 19.2 Å². The third kappa shape index (κ3) is 6.64. The van der Waals surface area contributed by atoms with E-state index in [0.29, 0.717) is 16.9 Å². The van der Waals surface area contributed by atoms with Gasteiger partial charge in [0.05, 0.1) is 12.9 Å². The summed E-state index contributed by atoms with van der Waals surface area (Å²) in [6, 6.07) is 5.37. The van der Waals surface area contributed by atoms with Crippen molar-refractivity contribution in [3.63, 3.8) is 0 Å². The number of rotatable bonds is 12. The highest BCUT2D eigenvalue weighted by molar-refractivity contribution is 7.51. The zero-order chi connectivity index (χ0) is 23.1. The number of anilines is 3. The largest absolute Gasteiger partial charge is 0.508 e. The van der Waals surface area contributed by atoms with E-state index in [0.717, 1.165) is 24.8 Å². The summed E-state index contributed by atoms with van der Waals surface area (Å²) >= 11 is 0. The molecule has 0 amide bonds. The Hall–Kier alpha value is -2.72. The number of nitrogens with two attached hydrogens (primary N) is 1. The lowest BCUT2D eigenvalue weighted by Crippen LogP contribution is -2.08. The molecule has 1 aromatic carbocycles. The average molecular weight is 464 g/mol. The zero-order valence-electron chi connectivity index (χ0n) is 17.9. The second kappa shape index (κ2) is 10.7. The summed E-state index contributed by atoms with van der Waals surface area (Å²) in [5.74, 6) is 0.639. The first kappa shape index (κ1) is 23.9. The SMILES string of the molecule is CCCCCCc1ccc(Nc2nc(N)c3ncn(CCOCP(=O)(O)O)c3n2)cc1O. The van der Waals surface area contributed by atoms with Gasteiger partial charge < -0.3 is 35.2 Å². The molecule has 0 aliphatic heterocycles. The number of fused-ring (bicyclic) bond motifs is 1. The molecule has 2 heterocycles. The van der Waals surface area contributed by atoms with Crippen molar-refractivity contribution in [3.8, 4) is 5.75 Å². The second-order valence-electron chi connectivity index (χ2n) is 7.52. The number of aromatic hydroxyl groups is 1. The van der Waals surface area contributed by atoms with Gasteiger partial charge in [0.25, 0.3) is 0 Å². The van der Waals surface area contributed by atoms with Gasteiger partial charge in [0.1, 0.15) is 17.6 Å². The number of benzene rings is 1. The van der Waals surface area contributed by atoms with E-state index >= 15 is 0 Å². The Bertz CT molecular complexity index is 1100. The molecule has 0 aliphatic carbocycles. The molecular weight excluding hydrogens is 435 g/mol. The molecule has 0 bridgehead atoms. The first-order valence-electron chi connectivity index (χ1n) is 10.5. The molecule has 0 radical (unpaired) electrons. The van der Waals surface area contributed by atoms with Gasteiger partial charge in [-0.25, -0.2) is 4.98 Å². The van der Waals surface area contributed by atoms with Crippen molar-refractivity contribution in [1.29, 1.82) is 0 Å². The van der Waals surface area contributed by atoms with Crippen LogP contribution in [0.3, 0.4) is 0 Å². The Balaban J connectivity index is 1.69. The maximum atomic E-state index is 10.9. The van der Waals surface area contributed by atoms with Gasteiger partial charge >= 0.3 is 7.60 Å². The number of hydrogen-bond donors (Lipinski definition) is 5. The van der Waals surface area contributed by atoms with Crippen LogP contribution in [-0.4, -0.2) is 47.4 Å². The summed E-state index contributed by atoms with van der Waals surface area (Å²) in [6.45, 7) is 2.51. The topological polar surface area (TPSA) is 169 Å². The molecule has 0 saturated heterocycles. The van der Waals surface area contributed by atoms with Gasteiger partial charge in [0.2, 0.25) is 5.95 Å². The van der Waals surface area contributed by atoms with Gasteiger partial charge in [0.15, 0.2) is 11.5 Å². The maximum absolute atomic E-state index is 10.9. The van der Waals surface area contributed by atoms with Crippen LogP contribution in [0, 0.1) is 0 Å². The average Bonchev–Trinajstić information content (AvgIpc) is 3.13. The number of nitrogens with one attached hydrogen (secondary N) is 1. The fourth-order valence-electron chi connectivity index (χ4n) is 3.26. The van der Waals surface area contributed by atoms with E-state index in [9.17, 15) is 9.67 Å². The first-order chi connectivity index (χ1) is 15.3. The molecule has 11 nitrogen and oxygen atoms in total. The molecule has 0 saturated carbocycles. The number of aromatic nitrogens is 4. The molecule has 0 aliphatic rings. The van der Waals surface area contributed by atoms with Crippen molar-refractivity contribution in [2.24, 2.45) is 0 Å². The highest BCUT2D eigenvalue weighted by atomic mass is 31.2. The third-order valence-corrected chi connectivity index (χ3v) is 5.39. The molecule has 6 N–H and O–H groups in total. The Morgan fingerprint density at radius 1 is 1.22 bits per heavy atom. The van der Waals surface area contributed by atoms with E-state index in [2.05, 4.69) is 27.2 Å². The summed E-state index contributed by atoms with van der Waals surface area (Å²) in [4.78, 5) is 30.6. The van der Waals surface area contributed by atoms with E-state index in [1.807, 2.05) is 12.1 Å². The number of imidazole rings is 1.